The van der Waals surface area contributed by atoms with E-state index in [2.05, 4.69) is 22.0 Å². The molecule has 2 aromatic rings. The van der Waals surface area contributed by atoms with Crippen LogP contribution in [0.15, 0.2) is 36.5 Å². The molecule has 1 aromatic carbocycles. The molecular formula is C24H22FN5O2. The van der Waals surface area contributed by atoms with E-state index in [1.54, 1.807) is 12.3 Å². The SMILES string of the molecule is N#Cc1ccc(N2C3CC[C@H]2CN(C(=O)COC2(c4cc(F)ccc4C#N)CC2)C3)nc1. The smallest absolute Gasteiger partial charge is 0.248 e. The van der Waals surface area contributed by atoms with Crippen molar-refractivity contribution in [3.8, 4) is 12.1 Å². The minimum Gasteiger partial charge on any atom is -0.360 e. The lowest BCUT2D eigenvalue weighted by molar-refractivity contribution is -0.140. The molecule has 0 radical (unpaired) electrons. The number of aromatic nitrogens is 1. The number of amides is 1. The fourth-order valence-electron chi connectivity index (χ4n) is 4.97. The molecule has 3 aliphatic rings. The number of benzene rings is 1. The monoisotopic (exact) mass is 431 g/mol. The Kier molecular flexibility index (Phi) is 5.03. The Hall–Kier alpha value is -3.49. The van der Waals surface area contributed by atoms with Gasteiger partial charge in [-0.2, -0.15) is 10.5 Å². The number of hydrogen-bond donors (Lipinski definition) is 0. The van der Waals surface area contributed by atoms with Crippen molar-refractivity contribution in [3.63, 3.8) is 0 Å². The molecule has 7 nitrogen and oxygen atoms in total. The number of carbonyl (C=O) groups excluding carboxylic acids is 1. The van der Waals surface area contributed by atoms with Crippen LogP contribution >= 0.6 is 0 Å². The van der Waals surface area contributed by atoms with Crippen molar-refractivity contribution in [2.75, 3.05) is 24.6 Å². The number of fused-ring (bicyclic) bond motifs is 2. The summed E-state index contributed by atoms with van der Waals surface area (Å²) < 4.78 is 19.8. The fourth-order valence-corrected chi connectivity index (χ4v) is 4.97. The van der Waals surface area contributed by atoms with Crippen molar-refractivity contribution < 1.29 is 13.9 Å². The second-order valence-electron chi connectivity index (χ2n) is 8.69. The highest BCUT2D eigenvalue weighted by Crippen LogP contribution is 2.50. The van der Waals surface area contributed by atoms with E-state index in [4.69, 9.17) is 10.00 Å². The molecule has 1 aliphatic carbocycles. The van der Waals surface area contributed by atoms with Crippen LogP contribution in [0.3, 0.4) is 0 Å². The average molecular weight is 431 g/mol. The van der Waals surface area contributed by atoms with Gasteiger partial charge in [-0.1, -0.05) is 0 Å². The highest BCUT2D eigenvalue weighted by Gasteiger charge is 2.48. The molecule has 1 saturated carbocycles. The minimum atomic E-state index is -0.740. The van der Waals surface area contributed by atoms with Crippen molar-refractivity contribution in [3.05, 3.63) is 59.0 Å². The minimum absolute atomic E-state index is 0.0874. The first-order chi connectivity index (χ1) is 15.5. The van der Waals surface area contributed by atoms with Crippen molar-refractivity contribution in [1.29, 1.82) is 10.5 Å². The highest BCUT2D eigenvalue weighted by atomic mass is 19.1. The van der Waals surface area contributed by atoms with E-state index in [0.29, 0.717) is 42.6 Å². The number of hydrogen-bond acceptors (Lipinski definition) is 6. The van der Waals surface area contributed by atoms with Crippen LogP contribution in [0.25, 0.3) is 0 Å². The molecule has 5 rings (SSSR count). The second-order valence-corrected chi connectivity index (χ2v) is 8.69. The molecule has 3 heterocycles. The molecule has 3 fully saturated rings. The number of halogens is 1. The Morgan fingerprint density at radius 1 is 1.16 bits per heavy atom. The summed E-state index contributed by atoms with van der Waals surface area (Å²) in [5.41, 5.74) is 0.706. The number of nitriles is 2. The molecule has 1 aromatic heterocycles. The maximum atomic E-state index is 13.8. The molecule has 2 aliphatic heterocycles. The van der Waals surface area contributed by atoms with Crippen LogP contribution in [0.2, 0.25) is 0 Å². The summed E-state index contributed by atoms with van der Waals surface area (Å²) in [6.45, 7) is 1.10. The molecular weight excluding hydrogens is 409 g/mol. The Labute approximate surface area is 185 Å². The zero-order valence-corrected chi connectivity index (χ0v) is 17.5. The van der Waals surface area contributed by atoms with E-state index < -0.39 is 11.4 Å². The molecule has 2 atom stereocenters. The van der Waals surface area contributed by atoms with Gasteiger partial charge in [0.25, 0.3) is 0 Å². The summed E-state index contributed by atoms with van der Waals surface area (Å²) >= 11 is 0. The Bertz CT molecular complexity index is 1120. The molecule has 162 valence electrons. The van der Waals surface area contributed by atoms with Crippen LogP contribution < -0.4 is 4.90 Å². The number of ether oxygens (including phenoxy) is 1. The van der Waals surface area contributed by atoms with Gasteiger partial charge in [0.05, 0.1) is 22.8 Å². The fraction of sp³-hybridized carbons (Fsp3) is 0.417. The zero-order valence-electron chi connectivity index (χ0n) is 17.5. The van der Waals surface area contributed by atoms with Crippen LogP contribution in [-0.4, -0.2) is 47.6 Å². The summed E-state index contributed by atoms with van der Waals surface area (Å²) in [6.07, 6.45) is 4.88. The van der Waals surface area contributed by atoms with Crippen molar-refractivity contribution >= 4 is 11.7 Å². The number of likely N-dealkylation sites (tertiary alicyclic amines) is 1. The molecule has 1 unspecified atom stereocenters. The predicted octanol–water partition coefficient (Wildman–Crippen LogP) is 2.85. The standard InChI is InChI=1S/C24H22FN5O2/c25-18-3-2-17(11-27)21(9-18)24(7-8-24)32-15-23(31)29-13-19-4-5-20(14-29)30(19)22-6-1-16(10-26)12-28-22/h1-3,6,9,12,19-20H,4-5,7-8,13-15H2/t19-,20?/m0/s1. The summed E-state index contributed by atoms with van der Waals surface area (Å²) in [6, 6.07) is 12.3. The van der Waals surface area contributed by atoms with Gasteiger partial charge in [-0.3, -0.25) is 4.79 Å². The first-order valence-corrected chi connectivity index (χ1v) is 10.8. The van der Waals surface area contributed by atoms with Gasteiger partial charge in [0.2, 0.25) is 5.91 Å². The number of carbonyl (C=O) groups is 1. The topological polar surface area (TPSA) is 93.3 Å². The molecule has 32 heavy (non-hydrogen) atoms. The van der Waals surface area contributed by atoms with E-state index in [1.807, 2.05) is 11.0 Å². The van der Waals surface area contributed by atoms with Crippen LogP contribution in [0.4, 0.5) is 10.2 Å². The highest BCUT2D eigenvalue weighted by molar-refractivity contribution is 5.78. The molecule has 2 bridgehead atoms. The third-order valence-corrected chi connectivity index (χ3v) is 6.75. The maximum Gasteiger partial charge on any atom is 0.248 e. The molecule has 2 saturated heterocycles. The summed E-state index contributed by atoms with van der Waals surface area (Å²) in [5, 5.41) is 18.4. The van der Waals surface area contributed by atoms with Gasteiger partial charge in [0, 0.05) is 36.9 Å². The third-order valence-electron chi connectivity index (χ3n) is 6.75. The van der Waals surface area contributed by atoms with Crippen molar-refractivity contribution in [1.82, 2.24) is 9.88 Å². The van der Waals surface area contributed by atoms with Gasteiger partial charge in [-0.05, 0) is 56.0 Å². The predicted molar refractivity (Wildman–Crippen MR) is 113 cm³/mol. The number of pyridine rings is 1. The van der Waals surface area contributed by atoms with Gasteiger partial charge >= 0.3 is 0 Å². The van der Waals surface area contributed by atoms with E-state index in [1.165, 1.54) is 18.2 Å². The van der Waals surface area contributed by atoms with Crippen molar-refractivity contribution in [2.24, 2.45) is 0 Å². The quantitative estimate of drug-likeness (QED) is 0.723. The third kappa shape index (κ3) is 3.57. The van der Waals surface area contributed by atoms with Crippen molar-refractivity contribution in [2.45, 2.75) is 43.4 Å². The summed E-state index contributed by atoms with van der Waals surface area (Å²) in [4.78, 5) is 21.5. The van der Waals surface area contributed by atoms with Gasteiger partial charge in [0.1, 0.15) is 24.3 Å². The van der Waals surface area contributed by atoms with Gasteiger partial charge < -0.3 is 14.5 Å². The lowest BCUT2D eigenvalue weighted by Gasteiger charge is -2.41. The molecule has 1 amide bonds. The van der Waals surface area contributed by atoms with Crippen LogP contribution in [0.1, 0.15) is 42.4 Å². The van der Waals surface area contributed by atoms with E-state index in [-0.39, 0.29) is 24.6 Å². The lowest BCUT2D eigenvalue weighted by atomic mass is 10.0. The van der Waals surface area contributed by atoms with Gasteiger partial charge in [-0.25, -0.2) is 9.37 Å². The average Bonchev–Trinajstić information content (AvgIpc) is 3.57. The normalized spacial score (nSPS) is 22.8. The Morgan fingerprint density at radius 3 is 2.50 bits per heavy atom. The summed E-state index contributed by atoms with van der Waals surface area (Å²) in [5.74, 6) is 0.340. The van der Waals surface area contributed by atoms with Crippen LogP contribution in [0.5, 0.6) is 0 Å². The first-order valence-electron chi connectivity index (χ1n) is 10.8. The first kappa shape index (κ1) is 20.4. The second kappa shape index (κ2) is 7.89. The molecule has 0 N–H and O–H groups in total. The number of piperazine rings is 1. The van der Waals surface area contributed by atoms with Gasteiger partial charge in [0.15, 0.2) is 0 Å². The zero-order chi connectivity index (χ0) is 22.3. The molecule has 8 heteroatoms. The number of anilines is 1. The Morgan fingerprint density at radius 2 is 1.91 bits per heavy atom. The summed E-state index contributed by atoms with van der Waals surface area (Å²) in [7, 11) is 0. The van der Waals surface area contributed by atoms with E-state index in [0.717, 1.165) is 18.7 Å². The van der Waals surface area contributed by atoms with Gasteiger partial charge in [-0.15, -0.1) is 0 Å². The van der Waals surface area contributed by atoms with Crippen LogP contribution in [-0.2, 0) is 15.1 Å². The maximum absolute atomic E-state index is 13.8. The van der Waals surface area contributed by atoms with E-state index >= 15 is 0 Å². The largest absolute Gasteiger partial charge is 0.360 e. The Balaban J connectivity index is 1.24. The molecule has 0 spiro atoms. The number of rotatable bonds is 5. The van der Waals surface area contributed by atoms with E-state index in [9.17, 15) is 14.4 Å². The number of nitrogens with zero attached hydrogens (tertiary/aromatic N) is 5. The van der Waals surface area contributed by atoms with Crippen LogP contribution in [0, 0.1) is 28.5 Å². The lowest BCUT2D eigenvalue weighted by Crippen LogP contribution is -2.56.